The van der Waals surface area contributed by atoms with Gasteiger partial charge in [-0.15, -0.1) is 0 Å². The van der Waals surface area contributed by atoms with Crippen LogP contribution in [0.15, 0.2) is 65.6 Å². The van der Waals surface area contributed by atoms with E-state index < -0.39 is 10.0 Å². The van der Waals surface area contributed by atoms with Gasteiger partial charge in [0.2, 0.25) is 0 Å². The molecular weight excluding hydrogens is 468 g/mol. The van der Waals surface area contributed by atoms with E-state index >= 15 is 0 Å². The topological polar surface area (TPSA) is 75.3 Å². The van der Waals surface area contributed by atoms with Gasteiger partial charge in [0, 0.05) is 0 Å². The molecule has 0 saturated carbocycles. The van der Waals surface area contributed by atoms with Crippen molar-refractivity contribution >= 4 is 33.2 Å². The number of fused-ring (bicyclic) bond motifs is 1. The number of benzene rings is 3. The molecule has 0 aliphatic heterocycles. The highest BCUT2D eigenvalue weighted by atomic mass is 35.5. The van der Waals surface area contributed by atoms with E-state index in [2.05, 4.69) is 28.2 Å². The molecule has 1 atom stereocenters. The fraction of sp³-hybridized carbons (Fsp3) is 0.296. The Morgan fingerprint density at radius 2 is 1.68 bits per heavy atom. The average molecular weight is 497 g/mol. The molecular formula is C27H29ClN2O3S. The zero-order valence-electron chi connectivity index (χ0n) is 19.4. The third kappa shape index (κ3) is 5.45. The first kappa shape index (κ1) is 24.3. The number of halogens is 1. The molecule has 0 fully saturated rings. The van der Waals surface area contributed by atoms with Gasteiger partial charge in [-0.1, -0.05) is 54.4 Å². The van der Waals surface area contributed by atoms with Gasteiger partial charge in [-0.05, 0) is 86.1 Å². The summed E-state index contributed by atoms with van der Waals surface area (Å²) in [7, 11) is -3.76. The molecule has 0 heterocycles. The Kier molecular flexibility index (Phi) is 7.29. The molecule has 0 aromatic heterocycles. The Labute approximate surface area is 206 Å². The fourth-order valence-corrected chi connectivity index (χ4v) is 5.64. The van der Waals surface area contributed by atoms with Crippen LogP contribution in [0.3, 0.4) is 0 Å². The molecule has 0 spiro atoms. The number of sulfonamides is 1. The number of amides is 1. The summed E-state index contributed by atoms with van der Waals surface area (Å²) < 4.78 is 27.8. The summed E-state index contributed by atoms with van der Waals surface area (Å²) in [4.78, 5) is 13.2. The van der Waals surface area contributed by atoms with Gasteiger partial charge in [0.05, 0.1) is 27.2 Å². The van der Waals surface area contributed by atoms with E-state index in [9.17, 15) is 13.2 Å². The third-order valence-corrected chi connectivity index (χ3v) is 8.00. The Bertz CT molecular complexity index is 1300. The first-order valence-electron chi connectivity index (χ1n) is 11.6. The molecule has 7 heteroatoms. The van der Waals surface area contributed by atoms with E-state index in [0.717, 1.165) is 30.4 Å². The van der Waals surface area contributed by atoms with Crippen molar-refractivity contribution < 1.29 is 13.2 Å². The molecule has 0 saturated heterocycles. The summed E-state index contributed by atoms with van der Waals surface area (Å²) in [5.41, 5.74) is 5.44. The highest BCUT2D eigenvalue weighted by Crippen LogP contribution is 2.28. The second kappa shape index (κ2) is 10.2. The van der Waals surface area contributed by atoms with Crippen LogP contribution in [0.2, 0.25) is 5.02 Å². The van der Waals surface area contributed by atoms with Crippen LogP contribution >= 0.6 is 11.6 Å². The number of anilines is 1. The lowest BCUT2D eigenvalue weighted by Crippen LogP contribution is -2.28. The summed E-state index contributed by atoms with van der Waals surface area (Å²) in [6.45, 7) is 3.93. The molecule has 1 aliphatic carbocycles. The quantitative estimate of drug-likeness (QED) is 0.408. The molecule has 0 radical (unpaired) electrons. The van der Waals surface area contributed by atoms with Gasteiger partial charge in [0.15, 0.2) is 0 Å². The van der Waals surface area contributed by atoms with Gasteiger partial charge >= 0.3 is 0 Å². The van der Waals surface area contributed by atoms with Crippen molar-refractivity contribution in [3.8, 4) is 0 Å². The molecule has 1 aliphatic rings. The largest absolute Gasteiger partial charge is 0.345 e. The zero-order chi connectivity index (χ0) is 24.3. The number of nitrogens with one attached hydrogen (secondary N) is 2. The number of aryl methyl sites for hydroxylation is 3. The first-order valence-corrected chi connectivity index (χ1v) is 13.4. The molecule has 0 bridgehead atoms. The Morgan fingerprint density at radius 1 is 0.971 bits per heavy atom. The van der Waals surface area contributed by atoms with Crippen molar-refractivity contribution in [3.63, 3.8) is 0 Å². The first-order chi connectivity index (χ1) is 16.3. The van der Waals surface area contributed by atoms with Crippen LogP contribution in [0.25, 0.3) is 0 Å². The minimum atomic E-state index is -3.76. The second-order valence-electron chi connectivity index (χ2n) is 8.78. The highest BCUT2D eigenvalue weighted by molar-refractivity contribution is 7.92. The van der Waals surface area contributed by atoms with Crippen molar-refractivity contribution in [1.82, 2.24) is 5.32 Å². The van der Waals surface area contributed by atoms with Crippen molar-refractivity contribution in [2.75, 3.05) is 4.72 Å². The van der Waals surface area contributed by atoms with Gasteiger partial charge in [-0.25, -0.2) is 8.42 Å². The molecule has 2 N–H and O–H groups in total. The van der Waals surface area contributed by atoms with E-state index in [0.29, 0.717) is 11.3 Å². The van der Waals surface area contributed by atoms with Gasteiger partial charge < -0.3 is 5.32 Å². The van der Waals surface area contributed by atoms with Crippen molar-refractivity contribution in [2.24, 2.45) is 0 Å². The van der Waals surface area contributed by atoms with Crippen molar-refractivity contribution in [2.45, 2.75) is 56.9 Å². The minimum Gasteiger partial charge on any atom is -0.345 e. The summed E-state index contributed by atoms with van der Waals surface area (Å²) in [6, 6.07) is 17.5. The third-order valence-electron chi connectivity index (χ3n) is 6.29. The second-order valence-corrected chi connectivity index (χ2v) is 10.9. The zero-order valence-corrected chi connectivity index (χ0v) is 21.0. The van der Waals surface area contributed by atoms with E-state index in [1.807, 2.05) is 13.8 Å². The molecule has 0 unspecified atom stereocenters. The van der Waals surface area contributed by atoms with Crippen LogP contribution in [-0.4, -0.2) is 14.3 Å². The molecule has 3 aromatic rings. The van der Waals surface area contributed by atoms with E-state index in [-0.39, 0.29) is 21.9 Å². The number of carbonyl (C=O) groups is 1. The van der Waals surface area contributed by atoms with Crippen LogP contribution in [-0.2, 0) is 22.9 Å². The predicted octanol–water partition coefficient (Wildman–Crippen LogP) is 6.21. The number of hydrogen-bond donors (Lipinski definition) is 2. The van der Waals surface area contributed by atoms with Crippen LogP contribution in [0.1, 0.15) is 64.8 Å². The molecule has 178 valence electrons. The Balaban J connectivity index is 1.48. The summed E-state index contributed by atoms with van der Waals surface area (Å²) >= 11 is 6.39. The van der Waals surface area contributed by atoms with E-state index in [1.54, 1.807) is 36.4 Å². The SMILES string of the molecule is CC[C@@H](NC(=O)c1ccc(NS(=O)(=O)c2ccc(C)cc2)cc1Cl)c1ccc2c(c1)CCCC2. The normalized spacial score (nSPS) is 14.2. The lowest BCUT2D eigenvalue weighted by molar-refractivity contribution is 0.0935. The van der Waals surface area contributed by atoms with Crippen LogP contribution in [0, 0.1) is 6.92 Å². The molecule has 1 amide bonds. The number of rotatable bonds is 7. The van der Waals surface area contributed by atoms with Gasteiger partial charge in [0.1, 0.15) is 0 Å². The number of hydrogen-bond acceptors (Lipinski definition) is 3. The van der Waals surface area contributed by atoms with E-state index in [1.165, 1.54) is 30.0 Å². The predicted molar refractivity (Wildman–Crippen MR) is 137 cm³/mol. The number of carbonyl (C=O) groups excluding carboxylic acids is 1. The summed E-state index contributed by atoms with van der Waals surface area (Å²) in [5.74, 6) is -0.289. The maximum atomic E-state index is 13.0. The summed E-state index contributed by atoms with van der Waals surface area (Å²) in [6.07, 6.45) is 5.38. The Morgan fingerprint density at radius 3 is 2.35 bits per heavy atom. The van der Waals surface area contributed by atoms with Crippen LogP contribution < -0.4 is 10.0 Å². The highest BCUT2D eigenvalue weighted by Gasteiger charge is 2.20. The van der Waals surface area contributed by atoms with E-state index in [4.69, 9.17) is 11.6 Å². The standard InChI is InChI=1S/C27H29ClN2O3S/c1-3-26(21-11-10-19-6-4-5-7-20(19)16-21)29-27(31)24-15-12-22(17-25(24)28)30-34(32,33)23-13-8-18(2)9-14-23/h8-17,26,30H,3-7H2,1-2H3,(H,29,31)/t26-/m1/s1. The van der Waals surface area contributed by atoms with Crippen molar-refractivity contribution in [1.29, 1.82) is 0 Å². The molecule has 5 nitrogen and oxygen atoms in total. The van der Waals surface area contributed by atoms with Crippen LogP contribution in [0.5, 0.6) is 0 Å². The van der Waals surface area contributed by atoms with Gasteiger partial charge in [-0.2, -0.15) is 0 Å². The average Bonchev–Trinajstić information content (AvgIpc) is 2.82. The lowest BCUT2D eigenvalue weighted by atomic mass is 9.88. The Hall–Kier alpha value is -2.83. The van der Waals surface area contributed by atoms with Crippen LogP contribution in [0.4, 0.5) is 5.69 Å². The maximum Gasteiger partial charge on any atom is 0.261 e. The minimum absolute atomic E-state index is 0.129. The summed E-state index contributed by atoms with van der Waals surface area (Å²) in [5, 5.41) is 3.27. The molecule has 4 rings (SSSR count). The molecule has 34 heavy (non-hydrogen) atoms. The lowest BCUT2D eigenvalue weighted by Gasteiger charge is -2.22. The van der Waals surface area contributed by atoms with Crippen molar-refractivity contribution in [3.05, 3.63) is 93.5 Å². The van der Waals surface area contributed by atoms with Gasteiger partial charge in [-0.3, -0.25) is 9.52 Å². The maximum absolute atomic E-state index is 13.0. The molecule has 3 aromatic carbocycles. The van der Waals surface area contributed by atoms with Gasteiger partial charge in [0.25, 0.3) is 15.9 Å². The monoisotopic (exact) mass is 496 g/mol. The fourth-order valence-electron chi connectivity index (χ4n) is 4.32. The smallest absolute Gasteiger partial charge is 0.261 e.